The molecule has 1 N–H and O–H groups in total. The standard InChI is InChI=1S/C13H18N2O2S/c1-13(2,3)10-15-18(16,17)12-6-4-11(5-7-12)8-9-14/h4-7,15H,8,10H2,1-3H3. The number of rotatable bonds is 4. The van der Waals surface area contributed by atoms with E-state index in [1.54, 1.807) is 12.1 Å². The molecule has 0 atom stereocenters. The molecule has 1 aromatic carbocycles. The number of nitrogens with zero attached hydrogens (tertiary/aromatic N) is 1. The summed E-state index contributed by atoms with van der Waals surface area (Å²) in [5.74, 6) is 0. The minimum atomic E-state index is -3.46. The summed E-state index contributed by atoms with van der Waals surface area (Å²) in [6.07, 6.45) is 0.287. The highest BCUT2D eigenvalue weighted by molar-refractivity contribution is 7.89. The summed E-state index contributed by atoms with van der Waals surface area (Å²) in [6.45, 7) is 6.28. The molecule has 98 valence electrons. The highest BCUT2D eigenvalue weighted by atomic mass is 32.2. The second kappa shape index (κ2) is 5.51. The van der Waals surface area contributed by atoms with Crippen LogP contribution >= 0.6 is 0 Å². The van der Waals surface area contributed by atoms with Gasteiger partial charge in [-0.1, -0.05) is 32.9 Å². The van der Waals surface area contributed by atoms with Gasteiger partial charge in [-0.15, -0.1) is 0 Å². The number of benzene rings is 1. The van der Waals surface area contributed by atoms with Gasteiger partial charge in [-0.05, 0) is 23.1 Å². The highest BCUT2D eigenvalue weighted by Gasteiger charge is 2.18. The van der Waals surface area contributed by atoms with Crippen LogP contribution in [0.1, 0.15) is 26.3 Å². The Hall–Kier alpha value is -1.38. The van der Waals surface area contributed by atoms with Gasteiger partial charge in [0, 0.05) is 6.54 Å². The second-order valence-electron chi connectivity index (χ2n) is 5.36. The lowest BCUT2D eigenvalue weighted by Crippen LogP contribution is -2.32. The number of nitrogens with one attached hydrogen (secondary N) is 1. The summed E-state index contributed by atoms with van der Waals surface area (Å²) in [4.78, 5) is 0.230. The van der Waals surface area contributed by atoms with Crippen molar-refractivity contribution in [3.05, 3.63) is 29.8 Å². The maximum absolute atomic E-state index is 12.0. The van der Waals surface area contributed by atoms with E-state index in [0.717, 1.165) is 5.56 Å². The molecule has 5 heteroatoms. The third-order valence-corrected chi connectivity index (χ3v) is 3.73. The van der Waals surface area contributed by atoms with Crippen molar-refractivity contribution in [2.45, 2.75) is 32.1 Å². The van der Waals surface area contributed by atoms with Gasteiger partial charge in [0.2, 0.25) is 10.0 Å². The molecule has 4 nitrogen and oxygen atoms in total. The molecule has 1 aromatic rings. The van der Waals surface area contributed by atoms with Gasteiger partial charge in [0.25, 0.3) is 0 Å². The first kappa shape index (κ1) is 14.7. The lowest BCUT2D eigenvalue weighted by Gasteiger charge is -2.18. The summed E-state index contributed by atoms with van der Waals surface area (Å²) in [6, 6.07) is 8.40. The Morgan fingerprint density at radius 2 is 1.78 bits per heavy atom. The van der Waals surface area contributed by atoms with Crippen molar-refractivity contribution in [3.8, 4) is 6.07 Å². The molecule has 0 radical (unpaired) electrons. The zero-order valence-electron chi connectivity index (χ0n) is 10.9. The molecular formula is C13H18N2O2S. The predicted octanol–water partition coefficient (Wildman–Crippen LogP) is 2.08. The smallest absolute Gasteiger partial charge is 0.211 e. The van der Waals surface area contributed by atoms with Crippen molar-refractivity contribution in [2.75, 3.05) is 6.54 Å². The van der Waals surface area contributed by atoms with Crippen LogP contribution in [0.5, 0.6) is 0 Å². The maximum Gasteiger partial charge on any atom is 0.240 e. The Balaban J connectivity index is 2.83. The minimum absolute atomic E-state index is 0.103. The van der Waals surface area contributed by atoms with Gasteiger partial charge < -0.3 is 0 Å². The Bertz CT molecular complexity index is 534. The van der Waals surface area contributed by atoms with Crippen LogP contribution in [0.3, 0.4) is 0 Å². The van der Waals surface area contributed by atoms with E-state index in [1.165, 1.54) is 12.1 Å². The summed E-state index contributed by atoms with van der Waals surface area (Å²) in [5.41, 5.74) is 0.709. The first-order valence-electron chi connectivity index (χ1n) is 5.70. The van der Waals surface area contributed by atoms with Crippen molar-refractivity contribution in [3.63, 3.8) is 0 Å². The molecule has 0 heterocycles. The topological polar surface area (TPSA) is 70.0 Å². The monoisotopic (exact) mass is 266 g/mol. The average Bonchev–Trinajstić information content (AvgIpc) is 2.27. The van der Waals surface area contributed by atoms with Crippen molar-refractivity contribution in [1.29, 1.82) is 5.26 Å². The van der Waals surface area contributed by atoms with Crippen LogP contribution < -0.4 is 4.72 Å². The van der Waals surface area contributed by atoms with Crippen LogP contribution in [-0.4, -0.2) is 15.0 Å². The molecule has 0 saturated heterocycles. The molecule has 0 aromatic heterocycles. The highest BCUT2D eigenvalue weighted by Crippen LogP contribution is 2.15. The predicted molar refractivity (Wildman–Crippen MR) is 70.4 cm³/mol. The molecule has 0 aliphatic rings. The van der Waals surface area contributed by atoms with E-state index in [-0.39, 0.29) is 16.7 Å². The molecule has 0 fully saturated rings. The number of nitriles is 1. The van der Waals surface area contributed by atoms with Crippen LogP contribution in [0.4, 0.5) is 0 Å². The van der Waals surface area contributed by atoms with Crippen molar-refractivity contribution >= 4 is 10.0 Å². The van der Waals surface area contributed by atoms with Crippen LogP contribution in [0, 0.1) is 16.7 Å². The van der Waals surface area contributed by atoms with Crippen LogP contribution in [0.25, 0.3) is 0 Å². The molecule has 0 aliphatic carbocycles. The average molecular weight is 266 g/mol. The first-order valence-corrected chi connectivity index (χ1v) is 7.18. The third-order valence-electron chi connectivity index (χ3n) is 2.31. The van der Waals surface area contributed by atoms with Gasteiger partial charge in [0.05, 0.1) is 17.4 Å². The van der Waals surface area contributed by atoms with Crippen LogP contribution in [0.15, 0.2) is 29.2 Å². The Morgan fingerprint density at radius 1 is 1.22 bits per heavy atom. The van der Waals surface area contributed by atoms with Gasteiger partial charge in [-0.25, -0.2) is 13.1 Å². The zero-order chi connectivity index (χ0) is 13.8. The quantitative estimate of drug-likeness (QED) is 0.907. The van der Waals surface area contributed by atoms with Crippen molar-refractivity contribution in [1.82, 2.24) is 4.72 Å². The van der Waals surface area contributed by atoms with Gasteiger partial charge >= 0.3 is 0 Å². The molecule has 0 saturated carbocycles. The fourth-order valence-electron chi connectivity index (χ4n) is 1.27. The summed E-state index contributed by atoms with van der Waals surface area (Å²) >= 11 is 0. The van der Waals surface area contributed by atoms with E-state index in [1.807, 2.05) is 26.8 Å². The molecule has 0 amide bonds. The van der Waals surface area contributed by atoms with Gasteiger partial charge in [-0.2, -0.15) is 5.26 Å². The lowest BCUT2D eigenvalue weighted by atomic mass is 9.98. The second-order valence-corrected chi connectivity index (χ2v) is 7.13. The number of sulfonamides is 1. The van der Waals surface area contributed by atoms with E-state index in [0.29, 0.717) is 6.54 Å². The summed E-state index contributed by atoms with van der Waals surface area (Å²) < 4.78 is 26.5. The van der Waals surface area contributed by atoms with E-state index in [2.05, 4.69) is 4.72 Å². The molecule has 0 unspecified atom stereocenters. The first-order chi connectivity index (χ1) is 8.24. The van der Waals surface area contributed by atoms with E-state index in [9.17, 15) is 8.42 Å². The molecule has 0 spiro atoms. The number of hydrogen-bond acceptors (Lipinski definition) is 3. The molecule has 0 bridgehead atoms. The fraction of sp³-hybridized carbons (Fsp3) is 0.462. The summed E-state index contributed by atoms with van der Waals surface area (Å²) in [5, 5.41) is 8.54. The van der Waals surface area contributed by atoms with Crippen molar-refractivity contribution < 1.29 is 8.42 Å². The van der Waals surface area contributed by atoms with E-state index < -0.39 is 10.0 Å². The van der Waals surface area contributed by atoms with E-state index >= 15 is 0 Å². The fourth-order valence-corrected chi connectivity index (χ4v) is 2.56. The summed E-state index contributed by atoms with van der Waals surface area (Å²) in [7, 11) is -3.46. The molecule has 1 rings (SSSR count). The lowest BCUT2D eigenvalue weighted by molar-refractivity contribution is 0.407. The Morgan fingerprint density at radius 3 is 2.22 bits per heavy atom. The van der Waals surface area contributed by atoms with Gasteiger partial charge in [-0.3, -0.25) is 0 Å². The molecule has 0 aliphatic heterocycles. The third kappa shape index (κ3) is 4.47. The van der Waals surface area contributed by atoms with Crippen LogP contribution in [-0.2, 0) is 16.4 Å². The van der Waals surface area contributed by atoms with E-state index in [4.69, 9.17) is 5.26 Å². The Labute approximate surface area is 109 Å². The molecule has 18 heavy (non-hydrogen) atoms. The number of hydrogen-bond donors (Lipinski definition) is 1. The maximum atomic E-state index is 12.0. The molecular weight excluding hydrogens is 248 g/mol. The van der Waals surface area contributed by atoms with Crippen molar-refractivity contribution in [2.24, 2.45) is 5.41 Å². The van der Waals surface area contributed by atoms with Gasteiger partial charge in [0.1, 0.15) is 0 Å². The van der Waals surface area contributed by atoms with Crippen LogP contribution in [0.2, 0.25) is 0 Å². The SMILES string of the molecule is CC(C)(C)CNS(=O)(=O)c1ccc(CC#N)cc1. The largest absolute Gasteiger partial charge is 0.240 e. The van der Waals surface area contributed by atoms with Gasteiger partial charge in [0.15, 0.2) is 0 Å². The zero-order valence-corrected chi connectivity index (χ0v) is 11.7. The Kier molecular flexibility index (Phi) is 4.49. The normalized spacial score (nSPS) is 12.1. The minimum Gasteiger partial charge on any atom is -0.211 e.